The molecule has 1 aromatic heterocycles. The van der Waals surface area contributed by atoms with Crippen LogP contribution < -0.4 is 0 Å². The number of halogens is 2. The zero-order valence-electron chi connectivity index (χ0n) is 8.54. The van der Waals surface area contributed by atoms with E-state index in [0.717, 1.165) is 6.42 Å². The van der Waals surface area contributed by atoms with E-state index in [1.165, 1.54) is 0 Å². The lowest BCUT2D eigenvalue weighted by atomic mass is 10.1. The molecule has 0 bridgehead atoms. The molecule has 0 saturated heterocycles. The van der Waals surface area contributed by atoms with Crippen molar-refractivity contribution in [1.82, 2.24) is 10.1 Å². The first-order chi connectivity index (χ1) is 7.04. The van der Waals surface area contributed by atoms with E-state index in [-0.39, 0.29) is 11.8 Å². The molecule has 0 aliphatic heterocycles. The maximum absolute atomic E-state index is 11.9. The van der Waals surface area contributed by atoms with Crippen LogP contribution in [0.3, 0.4) is 0 Å². The van der Waals surface area contributed by atoms with Gasteiger partial charge in [0.1, 0.15) is 0 Å². The molecule has 0 saturated carbocycles. The van der Waals surface area contributed by atoms with Gasteiger partial charge in [-0.25, -0.2) is 8.78 Å². The van der Waals surface area contributed by atoms with Gasteiger partial charge in [0.2, 0.25) is 11.7 Å². The van der Waals surface area contributed by atoms with Gasteiger partial charge in [0.15, 0.2) is 5.82 Å². The Hall–Kier alpha value is -1.33. The lowest BCUT2D eigenvalue weighted by Gasteiger charge is -1.98. The molecule has 1 rings (SSSR count). The van der Waals surface area contributed by atoms with Crippen LogP contribution in [-0.4, -0.2) is 22.3 Å². The van der Waals surface area contributed by atoms with Gasteiger partial charge in [-0.2, -0.15) is 4.98 Å². The van der Waals surface area contributed by atoms with Crippen LogP contribution in [0.2, 0.25) is 0 Å². The first-order valence-corrected chi connectivity index (χ1v) is 4.68. The van der Waals surface area contributed by atoms with Crippen molar-refractivity contribution in [2.45, 2.75) is 39.0 Å². The minimum Gasteiger partial charge on any atom is -0.339 e. The fraction of sp³-hybridized carbons (Fsp3) is 0.667. The van der Waals surface area contributed by atoms with Gasteiger partial charge in [0, 0.05) is 5.92 Å². The predicted molar refractivity (Wildman–Crippen MR) is 47.7 cm³/mol. The van der Waals surface area contributed by atoms with Crippen LogP contribution in [0.15, 0.2) is 4.52 Å². The van der Waals surface area contributed by atoms with Crippen LogP contribution in [0.1, 0.15) is 37.9 Å². The Balaban J connectivity index is 2.64. The SMILES string of the molecule is CCC(C)c1noc(CC(=O)C(F)F)n1. The maximum atomic E-state index is 11.9. The molecule has 0 aliphatic carbocycles. The normalized spacial score (nSPS) is 13.1. The van der Waals surface area contributed by atoms with Gasteiger partial charge >= 0.3 is 0 Å². The molecule has 4 nitrogen and oxygen atoms in total. The number of rotatable bonds is 5. The van der Waals surface area contributed by atoms with Crippen molar-refractivity contribution >= 4 is 5.78 Å². The van der Waals surface area contributed by atoms with Crippen LogP contribution in [0.25, 0.3) is 0 Å². The molecule has 1 aromatic rings. The maximum Gasteiger partial charge on any atom is 0.296 e. The number of carbonyl (C=O) groups excluding carboxylic acids is 1. The van der Waals surface area contributed by atoms with Crippen molar-refractivity contribution in [2.24, 2.45) is 0 Å². The summed E-state index contributed by atoms with van der Waals surface area (Å²) in [6.45, 7) is 3.84. The molecular weight excluding hydrogens is 206 g/mol. The summed E-state index contributed by atoms with van der Waals surface area (Å²) in [5.41, 5.74) is 0. The number of ketones is 1. The highest BCUT2D eigenvalue weighted by molar-refractivity contribution is 5.82. The quantitative estimate of drug-likeness (QED) is 0.758. The van der Waals surface area contributed by atoms with Gasteiger partial charge in [0.25, 0.3) is 6.43 Å². The molecule has 0 aromatic carbocycles. The Morgan fingerprint density at radius 3 is 2.73 bits per heavy atom. The van der Waals surface area contributed by atoms with Gasteiger partial charge in [-0.1, -0.05) is 19.0 Å². The number of hydrogen-bond acceptors (Lipinski definition) is 4. The molecule has 0 amide bonds. The van der Waals surface area contributed by atoms with E-state index in [0.29, 0.717) is 5.82 Å². The summed E-state index contributed by atoms with van der Waals surface area (Å²) in [7, 11) is 0. The summed E-state index contributed by atoms with van der Waals surface area (Å²) in [5, 5.41) is 3.62. The van der Waals surface area contributed by atoms with E-state index < -0.39 is 18.6 Å². The summed E-state index contributed by atoms with van der Waals surface area (Å²) < 4.78 is 28.5. The van der Waals surface area contributed by atoms with Gasteiger partial charge < -0.3 is 4.52 Å². The summed E-state index contributed by atoms with van der Waals surface area (Å²) in [5.74, 6) is -0.691. The summed E-state index contributed by atoms with van der Waals surface area (Å²) in [4.78, 5) is 14.6. The van der Waals surface area contributed by atoms with Gasteiger partial charge in [0.05, 0.1) is 6.42 Å². The van der Waals surface area contributed by atoms with Crippen molar-refractivity contribution in [1.29, 1.82) is 0 Å². The summed E-state index contributed by atoms with van der Waals surface area (Å²) >= 11 is 0. The first-order valence-electron chi connectivity index (χ1n) is 4.68. The molecule has 0 spiro atoms. The lowest BCUT2D eigenvalue weighted by molar-refractivity contribution is -0.129. The topological polar surface area (TPSA) is 56.0 Å². The Kier molecular flexibility index (Phi) is 3.88. The third-order valence-electron chi connectivity index (χ3n) is 2.11. The number of nitrogens with zero attached hydrogens (tertiary/aromatic N) is 2. The number of carbonyl (C=O) groups is 1. The Bertz CT molecular complexity index is 339. The number of hydrogen-bond donors (Lipinski definition) is 0. The smallest absolute Gasteiger partial charge is 0.296 e. The molecule has 0 aliphatic rings. The highest BCUT2D eigenvalue weighted by Crippen LogP contribution is 2.15. The van der Waals surface area contributed by atoms with Gasteiger partial charge in [-0.05, 0) is 6.42 Å². The number of alkyl halides is 2. The van der Waals surface area contributed by atoms with Crippen molar-refractivity contribution < 1.29 is 18.1 Å². The van der Waals surface area contributed by atoms with Crippen LogP contribution >= 0.6 is 0 Å². The fourth-order valence-electron chi connectivity index (χ4n) is 0.949. The minimum atomic E-state index is -2.98. The Morgan fingerprint density at radius 2 is 2.20 bits per heavy atom. The molecular formula is C9H12F2N2O2. The van der Waals surface area contributed by atoms with E-state index in [4.69, 9.17) is 4.52 Å². The van der Waals surface area contributed by atoms with Gasteiger partial charge in [-0.15, -0.1) is 0 Å². The molecule has 1 unspecified atom stereocenters. The fourth-order valence-corrected chi connectivity index (χ4v) is 0.949. The van der Waals surface area contributed by atoms with E-state index in [1.54, 1.807) is 0 Å². The zero-order valence-corrected chi connectivity index (χ0v) is 8.54. The highest BCUT2D eigenvalue weighted by atomic mass is 19.3. The second kappa shape index (κ2) is 4.95. The molecule has 1 atom stereocenters. The van der Waals surface area contributed by atoms with Crippen LogP contribution in [0.5, 0.6) is 0 Å². The number of Topliss-reactive ketones (excluding diaryl/α,β-unsaturated/α-hetero) is 1. The number of aromatic nitrogens is 2. The minimum absolute atomic E-state index is 0.0457. The van der Waals surface area contributed by atoms with E-state index in [2.05, 4.69) is 10.1 Å². The van der Waals surface area contributed by atoms with Crippen molar-refractivity contribution in [3.05, 3.63) is 11.7 Å². The van der Waals surface area contributed by atoms with Gasteiger partial charge in [-0.3, -0.25) is 4.79 Å². The molecule has 6 heteroatoms. The van der Waals surface area contributed by atoms with E-state index in [9.17, 15) is 13.6 Å². The molecule has 0 radical (unpaired) electrons. The predicted octanol–water partition coefficient (Wildman–Crippen LogP) is 1.96. The van der Waals surface area contributed by atoms with Crippen molar-refractivity contribution in [3.8, 4) is 0 Å². The molecule has 0 N–H and O–H groups in total. The van der Waals surface area contributed by atoms with Crippen molar-refractivity contribution in [2.75, 3.05) is 0 Å². The third kappa shape index (κ3) is 3.07. The van der Waals surface area contributed by atoms with Crippen LogP contribution in [0.4, 0.5) is 8.78 Å². The van der Waals surface area contributed by atoms with E-state index in [1.807, 2.05) is 13.8 Å². The third-order valence-corrected chi connectivity index (χ3v) is 2.11. The molecule has 0 fully saturated rings. The van der Waals surface area contributed by atoms with Crippen LogP contribution in [0, 0.1) is 0 Å². The monoisotopic (exact) mass is 218 g/mol. The van der Waals surface area contributed by atoms with E-state index >= 15 is 0 Å². The highest BCUT2D eigenvalue weighted by Gasteiger charge is 2.20. The average molecular weight is 218 g/mol. The summed E-state index contributed by atoms with van der Waals surface area (Å²) in [6.07, 6.45) is -2.66. The second-order valence-electron chi connectivity index (χ2n) is 3.30. The Morgan fingerprint density at radius 1 is 1.53 bits per heavy atom. The average Bonchev–Trinajstić information content (AvgIpc) is 2.65. The second-order valence-corrected chi connectivity index (χ2v) is 3.30. The first kappa shape index (κ1) is 11.7. The molecule has 15 heavy (non-hydrogen) atoms. The summed E-state index contributed by atoms with van der Waals surface area (Å²) in [6, 6.07) is 0. The molecule has 84 valence electrons. The van der Waals surface area contributed by atoms with Crippen molar-refractivity contribution in [3.63, 3.8) is 0 Å². The Labute approximate surface area is 85.7 Å². The standard InChI is InChI=1S/C9H12F2N2O2/c1-3-5(2)9-12-7(15-13-9)4-6(14)8(10)11/h5,8H,3-4H2,1-2H3. The largest absolute Gasteiger partial charge is 0.339 e. The molecule has 1 heterocycles. The van der Waals surface area contributed by atoms with Crippen LogP contribution in [-0.2, 0) is 11.2 Å². The lowest BCUT2D eigenvalue weighted by Crippen LogP contribution is -2.13. The zero-order chi connectivity index (χ0) is 11.4.